The van der Waals surface area contributed by atoms with Crippen LogP contribution >= 0.6 is 109 Å². The Bertz CT molecular complexity index is 4350. The van der Waals surface area contributed by atoms with Crippen LogP contribution in [0, 0.1) is 0 Å². The molecule has 759 valence electrons. The summed E-state index contributed by atoms with van der Waals surface area (Å²) in [7, 11) is -3.77. The number of carbonyl (C=O) groups is 1. The Morgan fingerprint density at radius 3 is 1.09 bits per heavy atom. The maximum Gasteiger partial charge on any atom is 1.00 e. The maximum atomic E-state index is 13.6. The van der Waals surface area contributed by atoms with Crippen molar-refractivity contribution in [2.75, 3.05) is 26.3 Å². The zero-order chi connectivity index (χ0) is 90.7. The smallest absolute Gasteiger partial charge is 1.00 e. The number of carboxylic acid groups (broad SMARTS) is 1. The molecule has 0 aromatic heterocycles. The summed E-state index contributed by atoms with van der Waals surface area (Å²) in [6.07, 6.45) is 26.0. The number of carbonyl (C=O) groups excluding carboxylic acids is 1. The third-order valence-corrected chi connectivity index (χ3v) is 23.6. The minimum atomic E-state index is -3.67. The van der Waals surface area contributed by atoms with Crippen molar-refractivity contribution in [3.05, 3.63) is 303 Å². The van der Waals surface area contributed by atoms with E-state index in [-0.39, 0.29) is 268 Å². The van der Waals surface area contributed by atoms with Crippen LogP contribution in [0.4, 0.5) is 21.7 Å². The van der Waals surface area contributed by atoms with Gasteiger partial charge in [-0.25, -0.2) is 18.6 Å². The van der Waals surface area contributed by atoms with Gasteiger partial charge >= 0.3 is 103 Å². The number of hydrogen-bond acceptors (Lipinski definition) is 15. The molecule has 139 heavy (non-hydrogen) atoms. The molecule has 0 bridgehead atoms. The summed E-state index contributed by atoms with van der Waals surface area (Å²) in [6, 6.07) is 76.1. The summed E-state index contributed by atoms with van der Waals surface area (Å²) in [5.74, 6) is 4.08. The Kier molecular flexibility index (Phi) is 90.7. The van der Waals surface area contributed by atoms with Gasteiger partial charge in [0.05, 0.1) is 36.6 Å². The molecule has 8 atom stereocenters. The van der Waals surface area contributed by atoms with Crippen LogP contribution < -0.4 is 113 Å². The molecular formula is C105H153B3BrClF5NNa3O14S6. The van der Waals surface area contributed by atoms with E-state index in [4.69, 9.17) is 48.7 Å². The van der Waals surface area contributed by atoms with E-state index in [1.54, 1.807) is 48.5 Å². The van der Waals surface area contributed by atoms with Gasteiger partial charge in [0.15, 0.2) is 0 Å². The van der Waals surface area contributed by atoms with E-state index in [0.29, 0.717) is 57.7 Å². The van der Waals surface area contributed by atoms with Crippen molar-refractivity contribution in [1.82, 2.24) is 5.32 Å². The van der Waals surface area contributed by atoms with Gasteiger partial charge in [0.25, 0.3) is 0 Å². The van der Waals surface area contributed by atoms with E-state index in [9.17, 15) is 31.9 Å². The first-order valence-corrected chi connectivity index (χ1v) is 45.3. The SMILES string of the molecule is Brc1ccc(OCc2ccccc2)cc1.C.C.C1=C(c2ccc(OCc3ccccc3)cc2)CCCC1.CC1(C)OB(C2=CCCCC2)OC1(C)C.CCOOCC.Cl.FB(F)F.O=C[O-].O[C@@H]1CCCC[C@H]1c1ccc(OCc2ccccc2)cc1.Oc1ccc([C@@H]2CCCC[C@H]2F)cc1.Oc1ccc([C@@H]2CCCC[C@H]2O)cc1.Oc1ccc([C@@H]2CCNC[C@H]2F)cc1.S.S.S.S.S.S.[B].[H-].[H-].[Na+].[Na+].[Na+]. The molecule has 2 heterocycles. The van der Waals surface area contributed by atoms with Crippen LogP contribution in [0.2, 0.25) is 0 Å². The molecule has 34 heteroatoms. The number of aliphatic hydroxyl groups excluding tert-OH is 2. The largest absolute Gasteiger partial charge is 1.00 e. The van der Waals surface area contributed by atoms with Gasteiger partial charge in [0.2, 0.25) is 0 Å². The van der Waals surface area contributed by atoms with Gasteiger partial charge in [-0.3, -0.25) is 12.9 Å². The fourth-order valence-corrected chi connectivity index (χ4v) is 15.8. The van der Waals surface area contributed by atoms with Crippen molar-refractivity contribution in [3.63, 3.8) is 0 Å². The monoisotopic (exact) mass is 2150 g/mol. The standard InChI is InChI=1S/C19H22O2.C19H20O.C13H11BrO.C12H21BO2.C12H15FO.C12H16O2.C11H14FNO.C4H10O2.CH2O2.2CH4.BF3.B.ClH.3Na.6H2S.2H/c20-19-9-5-4-8-18(19)16-10-12-17(13-11-16)21-14-15-6-2-1-3-7-15;1-3-7-16(8-4-1)15-20-19-13-11-18(12-14-19)17-9-5-2-6-10-17;14-12-6-8-13(9-7-12)15-10-11-4-2-1-3-5-11;1-11(2)12(3,4)15-13(14-11)10-8-6-5-7-9-10;13-12-4-2-1-3-11(12)9-5-7-10(14)8-6-9;13-10-7-5-9(6-8-10)11-3-1-2-4-12(11)14;12-11-7-13-6-5-10(11)8-1-3-9(14)4-2-8;1-3-5-6-4-2;2-1-3;;;2-1(3)4;;;;;;;;;;;;;/h1-3,6-7,10-13,18-20H,4-5,8-9,14H2;1,3-4,7-9,11-14H,2,5-6,10,15H2;1-9H,10H2;8H,5-7,9H2,1-4H3;5-8,11-12,14H,1-4H2;5-8,11-14H,1-4H2;1-4,10-11,13-14H,5-7H2;3-4H2,1-2H3;1H,(H,2,3);2*1H4;;;1H;;;;6*1H2;;/q;;;;;;;;;;;;;;3*+1;;;;;;;2*-1/p-1/t18-,19+;;;;2*11-,12+;10-,11+;;;;;;;;;;;;;;;;;;/m0...000................../s1. The van der Waals surface area contributed by atoms with Crippen LogP contribution in [0.1, 0.15) is 262 Å². The Morgan fingerprint density at radius 2 is 0.763 bits per heavy atom. The molecule has 3 saturated carbocycles. The van der Waals surface area contributed by atoms with Crippen molar-refractivity contribution in [1.29, 1.82) is 0 Å². The second-order valence-electron chi connectivity index (χ2n) is 32.8. The normalized spacial score (nSPS) is 18.6. The molecular weight excluding hydrogens is 2000 g/mol. The molecule has 5 fully saturated rings. The van der Waals surface area contributed by atoms with Crippen molar-refractivity contribution < 1.29 is 182 Å². The van der Waals surface area contributed by atoms with Crippen molar-refractivity contribution in [2.24, 2.45) is 0 Å². The maximum absolute atomic E-state index is 13.6. The zero-order valence-corrected chi connectivity index (χ0v) is 95.4. The van der Waals surface area contributed by atoms with Crippen molar-refractivity contribution in [2.45, 2.75) is 270 Å². The number of allylic oxidation sites excluding steroid dienone is 4. The second-order valence-corrected chi connectivity index (χ2v) is 33.7. The van der Waals surface area contributed by atoms with E-state index < -0.39 is 26.4 Å². The molecule has 6 N–H and O–H groups in total. The van der Waals surface area contributed by atoms with E-state index in [1.165, 1.54) is 96.7 Å². The average molecular weight is 2160 g/mol. The van der Waals surface area contributed by atoms with Crippen LogP contribution in [0.15, 0.2) is 259 Å². The van der Waals surface area contributed by atoms with E-state index in [0.717, 1.165) is 116 Å². The molecule has 9 aromatic rings. The topological polar surface area (TPSA) is 218 Å². The van der Waals surface area contributed by atoms with Crippen LogP contribution in [0.25, 0.3) is 5.57 Å². The summed E-state index contributed by atoms with van der Waals surface area (Å²) in [4.78, 5) is 17.2. The van der Waals surface area contributed by atoms with Crippen molar-refractivity contribution >= 4 is 144 Å². The Balaban J connectivity index is -0.000000199. The summed E-state index contributed by atoms with van der Waals surface area (Å²) in [5, 5.41) is 58.6. The number of alkyl halides is 2. The molecule has 0 amide bonds. The summed E-state index contributed by atoms with van der Waals surface area (Å²) in [5.41, 5.74) is 11.7. The van der Waals surface area contributed by atoms with Gasteiger partial charge in [-0.05, 0) is 285 Å². The minimum absolute atomic E-state index is 0. The van der Waals surface area contributed by atoms with E-state index >= 15 is 0 Å². The number of ether oxygens (including phenoxy) is 3. The summed E-state index contributed by atoms with van der Waals surface area (Å²) in [6.45, 7) is 16.1. The molecule has 0 spiro atoms. The predicted molar refractivity (Wildman–Crippen MR) is 588 cm³/mol. The number of halogens is 7. The number of rotatable bonds is 18. The molecule has 0 unspecified atom stereocenters. The van der Waals surface area contributed by atoms with Crippen LogP contribution in [0.5, 0.6) is 34.5 Å². The number of benzene rings is 9. The Hall–Kier alpha value is -3.84. The minimum Gasteiger partial charge on any atom is -1.00 e. The fraction of sp³-hybridized carbons (Fsp3) is 0.438. The Morgan fingerprint density at radius 1 is 0.453 bits per heavy atom. The second kappa shape index (κ2) is 85.1. The van der Waals surface area contributed by atoms with Crippen LogP contribution in [-0.2, 0) is 43.7 Å². The fourth-order valence-electron chi connectivity index (χ4n) is 15.5. The Labute approximate surface area is 956 Å². The van der Waals surface area contributed by atoms with Gasteiger partial charge < -0.3 is 67.1 Å². The first-order chi connectivity index (χ1) is 60.9. The summed E-state index contributed by atoms with van der Waals surface area (Å²) >= 11 is 3.39. The molecule has 15 nitrogen and oxygen atoms in total. The first-order valence-electron chi connectivity index (χ1n) is 44.5. The van der Waals surface area contributed by atoms with Gasteiger partial charge in [0.1, 0.15) is 66.7 Å². The number of phenols is 3. The quantitative estimate of drug-likeness (QED) is 0.0118. The van der Waals surface area contributed by atoms with Gasteiger partial charge in [-0.15, -0.1) is 12.4 Å². The molecule has 2 aliphatic heterocycles. The van der Waals surface area contributed by atoms with Gasteiger partial charge in [-0.2, -0.15) is 81.0 Å². The zero-order valence-electron chi connectivity index (χ0n) is 83.0. The number of aliphatic hydroxyl groups is 2. The van der Waals surface area contributed by atoms with Crippen molar-refractivity contribution in [3.8, 4) is 34.5 Å². The van der Waals surface area contributed by atoms with Crippen LogP contribution in [0.3, 0.4) is 0 Å². The molecule has 5 aliphatic carbocycles. The van der Waals surface area contributed by atoms with Crippen LogP contribution in [-0.4, -0.2) is 117 Å². The first kappa shape index (κ1) is 148. The predicted octanol–water partition coefficient (Wildman–Crippen LogP) is 17.7. The number of aromatic hydroxyl groups is 3. The summed E-state index contributed by atoms with van der Waals surface area (Å²) < 4.78 is 86.4. The molecule has 7 aliphatic rings. The van der Waals surface area contributed by atoms with E-state index in [2.05, 4.69) is 144 Å². The molecule has 16 rings (SSSR count). The van der Waals surface area contributed by atoms with E-state index in [1.807, 2.05) is 129 Å². The number of hydrogen-bond donors (Lipinski definition) is 6. The van der Waals surface area contributed by atoms with Gasteiger partial charge in [-0.1, -0.05) is 233 Å². The third kappa shape index (κ3) is 57.9. The third-order valence-electron chi connectivity index (χ3n) is 23.1. The molecule has 9 aromatic carbocycles. The molecule has 3 radical (unpaired) electrons. The molecule has 2 saturated heterocycles. The number of piperidine rings is 1. The average Bonchev–Trinajstić information content (AvgIpc) is 1.62. The van der Waals surface area contributed by atoms with Gasteiger partial charge in [0, 0.05) is 49.6 Å². The number of nitrogens with one attached hydrogen (secondary N) is 1. The number of phenolic OH excluding ortho intramolecular Hbond substituents is 3.